The first-order valence-electron chi connectivity index (χ1n) is 9.34. The smallest absolute Gasteiger partial charge is 0.222 e. The van der Waals surface area contributed by atoms with Crippen molar-refractivity contribution in [3.8, 4) is 0 Å². The number of carbonyl (C=O) groups excluding carboxylic acids is 1. The monoisotopic (exact) mass is 382 g/mol. The second kappa shape index (κ2) is 8.11. The number of halogens is 1. The summed E-state index contributed by atoms with van der Waals surface area (Å²) in [6.07, 6.45) is 5.41. The molecule has 0 unspecified atom stereocenters. The molecule has 1 saturated heterocycles. The van der Waals surface area contributed by atoms with Gasteiger partial charge in [-0.05, 0) is 36.2 Å². The summed E-state index contributed by atoms with van der Waals surface area (Å²) in [5.74, 6) is 0.234. The summed E-state index contributed by atoms with van der Waals surface area (Å²) in [5.41, 5.74) is 3.20. The Morgan fingerprint density at radius 2 is 1.81 bits per heavy atom. The molecule has 1 aromatic carbocycles. The van der Waals surface area contributed by atoms with E-state index in [1.165, 1.54) is 0 Å². The van der Waals surface area contributed by atoms with Crippen LogP contribution in [0, 0.1) is 0 Å². The summed E-state index contributed by atoms with van der Waals surface area (Å²) in [7, 11) is 0. The topological polar surface area (TPSA) is 40.9 Å². The van der Waals surface area contributed by atoms with Gasteiger partial charge in [-0.1, -0.05) is 29.8 Å². The molecule has 140 valence electrons. The van der Waals surface area contributed by atoms with E-state index in [4.69, 9.17) is 11.6 Å². The Morgan fingerprint density at radius 1 is 1.04 bits per heavy atom. The SMILES string of the molecule is O=C(CCc1ccc(Cl)cc1)N1CCN(Cc2cn3ccccc3n2)CC1. The first-order chi connectivity index (χ1) is 13.2. The van der Waals surface area contributed by atoms with Crippen LogP contribution in [0.3, 0.4) is 0 Å². The largest absolute Gasteiger partial charge is 0.340 e. The molecule has 0 radical (unpaired) electrons. The third kappa shape index (κ3) is 4.49. The maximum Gasteiger partial charge on any atom is 0.222 e. The van der Waals surface area contributed by atoms with Crippen LogP contribution < -0.4 is 0 Å². The Hall–Kier alpha value is -2.37. The molecule has 6 heteroatoms. The molecule has 1 aliphatic heterocycles. The van der Waals surface area contributed by atoms with Crippen LogP contribution in [0.5, 0.6) is 0 Å². The van der Waals surface area contributed by atoms with E-state index >= 15 is 0 Å². The van der Waals surface area contributed by atoms with Gasteiger partial charge in [-0.3, -0.25) is 9.69 Å². The molecule has 5 nitrogen and oxygen atoms in total. The van der Waals surface area contributed by atoms with Crippen molar-refractivity contribution in [2.45, 2.75) is 19.4 Å². The number of piperazine rings is 1. The molecule has 27 heavy (non-hydrogen) atoms. The highest BCUT2D eigenvalue weighted by Crippen LogP contribution is 2.13. The van der Waals surface area contributed by atoms with Crippen molar-refractivity contribution in [2.75, 3.05) is 26.2 Å². The fraction of sp³-hybridized carbons (Fsp3) is 0.333. The van der Waals surface area contributed by atoms with Crippen LogP contribution in [0.15, 0.2) is 54.9 Å². The third-order valence-electron chi connectivity index (χ3n) is 5.07. The van der Waals surface area contributed by atoms with Crippen LogP contribution in [0.25, 0.3) is 5.65 Å². The first kappa shape index (κ1) is 18.0. The van der Waals surface area contributed by atoms with Crippen LogP contribution in [0.2, 0.25) is 5.02 Å². The zero-order chi connectivity index (χ0) is 18.6. The predicted octanol–water partition coefficient (Wildman–Crippen LogP) is 3.26. The Kier molecular flexibility index (Phi) is 5.41. The quantitative estimate of drug-likeness (QED) is 0.680. The molecular weight excluding hydrogens is 360 g/mol. The number of imidazole rings is 1. The van der Waals surface area contributed by atoms with Crippen LogP contribution in [-0.4, -0.2) is 51.3 Å². The normalized spacial score (nSPS) is 15.4. The van der Waals surface area contributed by atoms with E-state index < -0.39 is 0 Å². The van der Waals surface area contributed by atoms with Crippen molar-refractivity contribution in [1.82, 2.24) is 19.2 Å². The van der Waals surface area contributed by atoms with E-state index in [0.717, 1.165) is 61.1 Å². The summed E-state index contributed by atoms with van der Waals surface area (Å²) in [5, 5.41) is 0.729. The van der Waals surface area contributed by atoms with Gasteiger partial charge in [-0.2, -0.15) is 0 Å². The summed E-state index contributed by atoms with van der Waals surface area (Å²) < 4.78 is 2.05. The molecule has 4 rings (SSSR count). The number of carbonyl (C=O) groups is 1. The number of aryl methyl sites for hydroxylation is 1. The average Bonchev–Trinajstić information content (AvgIpc) is 3.10. The summed E-state index contributed by atoms with van der Waals surface area (Å²) >= 11 is 5.91. The van der Waals surface area contributed by atoms with Crippen molar-refractivity contribution in [3.05, 3.63) is 71.1 Å². The molecule has 0 spiro atoms. The fourth-order valence-corrected chi connectivity index (χ4v) is 3.63. The lowest BCUT2D eigenvalue weighted by Crippen LogP contribution is -2.48. The molecule has 2 aromatic heterocycles. The lowest BCUT2D eigenvalue weighted by atomic mass is 10.1. The van der Waals surface area contributed by atoms with Crippen molar-refractivity contribution < 1.29 is 4.79 Å². The van der Waals surface area contributed by atoms with Gasteiger partial charge in [0.05, 0.1) is 5.69 Å². The minimum atomic E-state index is 0.234. The second-order valence-electron chi connectivity index (χ2n) is 6.98. The van der Waals surface area contributed by atoms with Crippen LogP contribution in [0.1, 0.15) is 17.7 Å². The second-order valence-corrected chi connectivity index (χ2v) is 7.42. The van der Waals surface area contributed by atoms with Gasteiger partial charge in [-0.25, -0.2) is 4.98 Å². The highest BCUT2D eigenvalue weighted by atomic mass is 35.5. The van der Waals surface area contributed by atoms with Crippen LogP contribution in [-0.2, 0) is 17.8 Å². The van der Waals surface area contributed by atoms with E-state index in [1.807, 2.05) is 58.0 Å². The molecule has 0 atom stereocenters. The molecule has 0 bridgehead atoms. The molecule has 0 saturated carbocycles. The molecule has 1 aliphatic rings. The number of hydrogen-bond acceptors (Lipinski definition) is 3. The van der Waals surface area contributed by atoms with Gasteiger partial charge in [0, 0.05) is 56.6 Å². The number of aromatic nitrogens is 2. The van der Waals surface area contributed by atoms with Gasteiger partial charge in [-0.15, -0.1) is 0 Å². The number of rotatable bonds is 5. The molecule has 0 aliphatic carbocycles. The number of benzene rings is 1. The standard InChI is InChI=1S/C21H23ClN4O/c22-18-7-4-17(5-8-18)6-9-21(27)25-13-11-24(12-14-25)15-19-16-26-10-2-1-3-20(26)23-19/h1-5,7-8,10,16H,6,9,11-15H2. The Morgan fingerprint density at radius 3 is 2.56 bits per heavy atom. The van der Waals surface area contributed by atoms with E-state index in [2.05, 4.69) is 16.1 Å². The molecule has 1 fully saturated rings. The Balaban J connectivity index is 1.25. The highest BCUT2D eigenvalue weighted by Gasteiger charge is 2.21. The van der Waals surface area contributed by atoms with E-state index in [0.29, 0.717) is 6.42 Å². The van der Waals surface area contributed by atoms with Gasteiger partial charge >= 0.3 is 0 Å². The molecular formula is C21H23ClN4O. The maximum atomic E-state index is 12.5. The van der Waals surface area contributed by atoms with Gasteiger partial charge in [0.15, 0.2) is 0 Å². The molecule has 1 amide bonds. The number of fused-ring (bicyclic) bond motifs is 1. The van der Waals surface area contributed by atoms with Crippen molar-refractivity contribution in [1.29, 1.82) is 0 Å². The first-order valence-corrected chi connectivity index (χ1v) is 9.72. The van der Waals surface area contributed by atoms with E-state index in [1.54, 1.807) is 0 Å². The third-order valence-corrected chi connectivity index (χ3v) is 5.32. The predicted molar refractivity (Wildman–Crippen MR) is 107 cm³/mol. The minimum Gasteiger partial charge on any atom is -0.340 e. The van der Waals surface area contributed by atoms with Gasteiger partial charge in [0.25, 0.3) is 0 Å². The lowest BCUT2D eigenvalue weighted by molar-refractivity contribution is -0.133. The minimum absolute atomic E-state index is 0.234. The molecule has 0 N–H and O–H groups in total. The lowest BCUT2D eigenvalue weighted by Gasteiger charge is -2.34. The van der Waals surface area contributed by atoms with E-state index in [-0.39, 0.29) is 5.91 Å². The average molecular weight is 383 g/mol. The number of hydrogen-bond donors (Lipinski definition) is 0. The number of amides is 1. The summed E-state index contributed by atoms with van der Waals surface area (Å²) in [6, 6.07) is 13.7. The highest BCUT2D eigenvalue weighted by molar-refractivity contribution is 6.30. The number of nitrogens with zero attached hydrogens (tertiary/aromatic N) is 4. The van der Waals surface area contributed by atoms with Crippen molar-refractivity contribution >= 4 is 23.2 Å². The summed E-state index contributed by atoms with van der Waals surface area (Å²) in [4.78, 5) is 21.5. The molecule has 3 heterocycles. The van der Waals surface area contributed by atoms with Crippen LogP contribution >= 0.6 is 11.6 Å². The Labute approximate surface area is 164 Å². The van der Waals surface area contributed by atoms with E-state index in [9.17, 15) is 4.79 Å². The van der Waals surface area contributed by atoms with Crippen molar-refractivity contribution in [2.24, 2.45) is 0 Å². The van der Waals surface area contributed by atoms with Gasteiger partial charge in [0.1, 0.15) is 5.65 Å². The Bertz CT molecular complexity index is 880. The maximum absolute atomic E-state index is 12.5. The van der Waals surface area contributed by atoms with Crippen LogP contribution in [0.4, 0.5) is 0 Å². The molecule has 3 aromatic rings. The zero-order valence-electron chi connectivity index (χ0n) is 15.2. The van der Waals surface area contributed by atoms with Crippen molar-refractivity contribution in [3.63, 3.8) is 0 Å². The van der Waals surface area contributed by atoms with Gasteiger partial charge < -0.3 is 9.30 Å². The fourth-order valence-electron chi connectivity index (χ4n) is 3.51. The van der Waals surface area contributed by atoms with Gasteiger partial charge in [0.2, 0.25) is 5.91 Å². The summed E-state index contributed by atoms with van der Waals surface area (Å²) in [6.45, 7) is 4.18. The zero-order valence-corrected chi connectivity index (χ0v) is 16.0. The number of pyridine rings is 1.